The van der Waals surface area contributed by atoms with Crippen molar-refractivity contribution in [3.63, 3.8) is 0 Å². The van der Waals surface area contributed by atoms with E-state index in [1.807, 2.05) is 35.2 Å². The molecule has 2 aromatic rings. The van der Waals surface area contributed by atoms with Gasteiger partial charge in [0.2, 0.25) is 5.91 Å². The Labute approximate surface area is 149 Å². The van der Waals surface area contributed by atoms with Crippen LogP contribution in [0.5, 0.6) is 0 Å². The number of nitrogens with zero attached hydrogens (tertiary/aromatic N) is 1. The highest BCUT2D eigenvalue weighted by molar-refractivity contribution is 7.90. The number of hydrogen-bond acceptors (Lipinski definition) is 3. The Morgan fingerprint density at radius 3 is 2.56 bits per heavy atom. The zero-order chi connectivity index (χ0) is 18.0. The van der Waals surface area contributed by atoms with Gasteiger partial charge in [0.1, 0.15) is 9.84 Å². The molecule has 1 aliphatic heterocycles. The molecule has 0 aliphatic carbocycles. The maximum Gasteiger partial charge on any atom is 0.224 e. The fourth-order valence-electron chi connectivity index (χ4n) is 3.44. The van der Waals surface area contributed by atoms with Crippen molar-refractivity contribution in [3.8, 4) is 0 Å². The molecule has 1 aliphatic rings. The van der Waals surface area contributed by atoms with Crippen molar-refractivity contribution in [1.82, 2.24) is 4.90 Å². The van der Waals surface area contributed by atoms with E-state index in [-0.39, 0.29) is 24.1 Å². The summed E-state index contributed by atoms with van der Waals surface area (Å²) < 4.78 is 22.9. The van der Waals surface area contributed by atoms with Gasteiger partial charge in [-0.1, -0.05) is 54.1 Å². The molecule has 132 valence electrons. The van der Waals surface area contributed by atoms with E-state index in [2.05, 4.69) is 25.1 Å². The molecule has 0 saturated heterocycles. The molecule has 25 heavy (non-hydrogen) atoms. The Bertz CT molecular complexity index is 875. The lowest BCUT2D eigenvalue weighted by atomic mass is 9.87. The van der Waals surface area contributed by atoms with Crippen molar-refractivity contribution in [2.75, 3.05) is 18.6 Å². The molecular weight excluding hydrogens is 334 g/mol. The monoisotopic (exact) mass is 357 g/mol. The lowest BCUT2D eigenvalue weighted by Gasteiger charge is -2.38. The Morgan fingerprint density at radius 1 is 1.16 bits per heavy atom. The molecule has 0 N–H and O–H groups in total. The molecule has 4 nitrogen and oxygen atoms in total. The van der Waals surface area contributed by atoms with Gasteiger partial charge in [0.15, 0.2) is 0 Å². The molecule has 5 heteroatoms. The Hall–Kier alpha value is -2.14. The Kier molecular flexibility index (Phi) is 4.95. The van der Waals surface area contributed by atoms with Crippen molar-refractivity contribution in [2.45, 2.75) is 25.8 Å². The third-order valence-electron chi connectivity index (χ3n) is 4.65. The first-order valence-corrected chi connectivity index (χ1v) is 10.5. The number of carbonyl (C=O) groups is 1. The summed E-state index contributed by atoms with van der Waals surface area (Å²) in [7, 11) is -3.15. The van der Waals surface area contributed by atoms with Crippen LogP contribution in [0.15, 0.2) is 48.5 Å². The zero-order valence-electron chi connectivity index (χ0n) is 14.6. The summed E-state index contributed by atoms with van der Waals surface area (Å²) in [5, 5.41) is 0. The van der Waals surface area contributed by atoms with Gasteiger partial charge >= 0.3 is 0 Å². The van der Waals surface area contributed by atoms with E-state index in [1.165, 1.54) is 17.4 Å². The fourth-order valence-corrected chi connectivity index (χ4v) is 3.98. The zero-order valence-corrected chi connectivity index (χ0v) is 15.4. The van der Waals surface area contributed by atoms with Crippen LogP contribution >= 0.6 is 0 Å². The van der Waals surface area contributed by atoms with Crippen LogP contribution in [-0.2, 0) is 21.1 Å². The number of amides is 1. The van der Waals surface area contributed by atoms with Crippen LogP contribution in [-0.4, -0.2) is 37.8 Å². The largest absolute Gasteiger partial charge is 0.331 e. The SMILES string of the molecule is Cc1ccc2c(c1)CCN(C(=O)CCS(C)(=O)=O)C2c1ccccc1. The number of rotatable bonds is 4. The number of hydrogen-bond donors (Lipinski definition) is 0. The lowest BCUT2D eigenvalue weighted by molar-refractivity contribution is -0.132. The average molecular weight is 357 g/mol. The first-order valence-electron chi connectivity index (χ1n) is 8.47. The first kappa shape index (κ1) is 17.7. The summed E-state index contributed by atoms with van der Waals surface area (Å²) in [5.41, 5.74) is 4.67. The number of carbonyl (C=O) groups excluding carboxylic acids is 1. The second kappa shape index (κ2) is 7.00. The quantitative estimate of drug-likeness (QED) is 0.845. The maximum absolute atomic E-state index is 12.8. The highest BCUT2D eigenvalue weighted by Gasteiger charge is 2.32. The first-order chi connectivity index (χ1) is 11.8. The van der Waals surface area contributed by atoms with Crippen LogP contribution in [0.2, 0.25) is 0 Å². The van der Waals surface area contributed by atoms with Gasteiger partial charge in [-0.3, -0.25) is 4.79 Å². The topological polar surface area (TPSA) is 54.5 Å². The highest BCUT2D eigenvalue weighted by atomic mass is 32.2. The Balaban J connectivity index is 1.97. The van der Waals surface area contributed by atoms with E-state index in [9.17, 15) is 13.2 Å². The van der Waals surface area contributed by atoms with Gasteiger partial charge in [-0.15, -0.1) is 0 Å². The van der Waals surface area contributed by atoms with Gasteiger partial charge in [-0.2, -0.15) is 0 Å². The van der Waals surface area contributed by atoms with Crippen LogP contribution in [0.1, 0.15) is 34.7 Å². The molecule has 1 atom stereocenters. The fraction of sp³-hybridized carbons (Fsp3) is 0.350. The molecular formula is C20H23NO3S. The molecule has 0 bridgehead atoms. The molecule has 0 aromatic heterocycles. The van der Waals surface area contributed by atoms with E-state index < -0.39 is 9.84 Å². The van der Waals surface area contributed by atoms with Crippen molar-refractivity contribution < 1.29 is 13.2 Å². The average Bonchev–Trinajstić information content (AvgIpc) is 2.58. The predicted molar refractivity (Wildman–Crippen MR) is 99.2 cm³/mol. The van der Waals surface area contributed by atoms with Crippen LogP contribution in [0.3, 0.4) is 0 Å². The summed E-state index contributed by atoms with van der Waals surface area (Å²) in [5.74, 6) is -0.213. The third-order valence-corrected chi connectivity index (χ3v) is 5.59. The van der Waals surface area contributed by atoms with Crippen molar-refractivity contribution in [3.05, 3.63) is 70.8 Å². The van der Waals surface area contributed by atoms with E-state index in [4.69, 9.17) is 0 Å². The number of sulfone groups is 1. The Morgan fingerprint density at radius 2 is 1.88 bits per heavy atom. The van der Waals surface area contributed by atoms with Gasteiger partial charge < -0.3 is 4.90 Å². The van der Waals surface area contributed by atoms with E-state index in [0.717, 1.165) is 17.5 Å². The third kappa shape index (κ3) is 4.10. The molecule has 0 spiro atoms. The number of benzene rings is 2. The molecule has 0 saturated carbocycles. The van der Waals surface area contributed by atoms with Crippen molar-refractivity contribution >= 4 is 15.7 Å². The van der Waals surface area contributed by atoms with Gasteiger partial charge in [-0.05, 0) is 30.0 Å². The van der Waals surface area contributed by atoms with E-state index in [0.29, 0.717) is 6.54 Å². The number of aryl methyl sites for hydroxylation is 1. The molecule has 1 amide bonds. The standard InChI is InChI=1S/C20H23NO3S/c1-15-8-9-18-17(14-15)10-12-21(19(22)11-13-25(2,23)24)20(18)16-6-4-3-5-7-16/h3-9,14,20H,10-13H2,1-2H3. The molecule has 3 rings (SSSR count). The van der Waals surface area contributed by atoms with Gasteiger partial charge in [0, 0.05) is 19.2 Å². The number of fused-ring (bicyclic) bond motifs is 1. The minimum atomic E-state index is -3.15. The summed E-state index contributed by atoms with van der Waals surface area (Å²) in [6.45, 7) is 2.68. The minimum absolute atomic E-state index is 0.0311. The van der Waals surface area contributed by atoms with Crippen molar-refractivity contribution in [1.29, 1.82) is 0 Å². The maximum atomic E-state index is 12.8. The molecule has 1 heterocycles. The van der Waals surface area contributed by atoms with Crippen LogP contribution < -0.4 is 0 Å². The summed E-state index contributed by atoms with van der Waals surface area (Å²) >= 11 is 0. The molecule has 0 radical (unpaired) electrons. The highest BCUT2D eigenvalue weighted by Crippen LogP contribution is 2.35. The van der Waals surface area contributed by atoms with Crippen LogP contribution in [0.4, 0.5) is 0 Å². The van der Waals surface area contributed by atoms with E-state index in [1.54, 1.807) is 0 Å². The van der Waals surface area contributed by atoms with E-state index >= 15 is 0 Å². The van der Waals surface area contributed by atoms with Crippen LogP contribution in [0, 0.1) is 6.92 Å². The second-order valence-electron chi connectivity index (χ2n) is 6.73. The minimum Gasteiger partial charge on any atom is -0.331 e. The molecule has 0 fully saturated rings. The summed E-state index contributed by atoms with van der Waals surface area (Å²) in [4.78, 5) is 14.6. The molecule has 1 unspecified atom stereocenters. The van der Waals surface area contributed by atoms with Crippen molar-refractivity contribution in [2.24, 2.45) is 0 Å². The smallest absolute Gasteiger partial charge is 0.224 e. The van der Waals surface area contributed by atoms with Gasteiger partial charge in [0.05, 0.1) is 11.8 Å². The molecule has 2 aromatic carbocycles. The van der Waals surface area contributed by atoms with Crippen LogP contribution in [0.25, 0.3) is 0 Å². The normalized spacial score (nSPS) is 17.2. The van der Waals surface area contributed by atoms with Gasteiger partial charge in [-0.25, -0.2) is 8.42 Å². The van der Waals surface area contributed by atoms with Gasteiger partial charge in [0.25, 0.3) is 0 Å². The summed E-state index contributed by atoms with van der Waals surface area (Å²) in [6, 6.07) is 16.1. The second-order valence-corrected chi connectivity index (χ2v) is 8.99. The summed E-state index contributed by atoms with van der Waals surface area (Å²) in [6.07, 6.45) is 2.00. The lowest BCUT2D eigenvalue weighted by Crippen LogP contribution is -2.41. The predicted octanol–water partition coefficient (Wildman–Crippen LogP) is 2.90.